The Morgan fingerprint density at radius 3 is 2.77 bits per heavy atom. The van der Waals surface area contributed by atoms with Crippen LogP contribution in [0.1, 0.15) is 6.92 Å². The van der Waals surface area contributed by atoms with Crippen molar-refractivity contribution < 1.29 is 0 Å². The van der Waals surface area contributed by atoms with Crippen molar-refractivity contribution in [3.63, 3.8) is 0 Å². The number of hydrogen-bond donors (Lipinski definition) is 2. The molecule has 2 nitrogen and oxygen atoms in total. The van der Waals surface area contributed by atoms with Gasteiger partial charge in [0.15, 0.2) is 0 Å². The molecule has 72 valence electrons. The van der Waals surface area contributed by atoms with Gasteiger partial charge in [0.25, 0.3) is 0 Å². The summed E-state index contributed by atoms with van der Waals surface area (Å²) < 4.78 is 1.01. The molecule has 4 heteroatoms. The highest BCUT2D eigenvalue weighted by atomic mass is 79.9. The topological polar surface area (TPSA) is 52.0 Å². The third-order valence-electron chi connectivity index (χ3n) is 1.63. The predicted molar refractivity (Wildman–Crippen MR) is 62.9 cm³/mol. The van der Waals surface area contributed by atoms with Crippen LogP contribution in [0.15, 0.2) is 27.6 Å². The molecule has 1 unspecified atom stereocenters. The quantitative estimate of drug-likeness (QED) is 0.649. The lowest BCUT2D eigenvalue weighted by Crippen LogP contribution is -2.12. The van der Waals surface area contributed by atoms with Crippen LogP contribution in [0.2, 0.25) is 0 Å². The highest BCUT2D eigenvalue weighted by Gasteiger charge is 2.05. The third kappa shape index (κ3) is 3.21. The van der Waals surface area contributed by atoms with Crippen molar-refractivity contribution in [2.45, 2.75) is 17.1 Å². The van der Waals surface area contributed by atoms with E-state index in [9.17, 15) is 0 Å². The van der Waals surface area contributed by atoms with Gasteiger partial charge in [0.2, 0.25) is 0 Å². The van der Waals surface area contributed by atoms with Gasteiger partial charge in [-0.1, -0.05) is 22.9 Å². The highest BCUT2D eigenvalue weighted by Crippen LogP contribution is 2.30. The Morgan fingerprint density at radius 2 is 2.23 bits per heavy atom. The zero-order valence-electron chi connectivity index (χ0n) is 7.46. The number of benzene rings is 1. The van der Waals surface area contributed by atoms with Crippen molar-refractivity contribution in [3.05, 3.63) is 22.7 Å². The molecular weight excluding hydrogens is 248 g/mol. The van der Waals surface area contributed by atoms with Crippen LogP contribution in [0, 0.1) is 0 Å². The van der Waals surface area contributed by atoms with E-state index in [2.05, 4.69) is 22.9 Å². The molecule has 4 N–H and O–H groups in total. The maximum absolute atomic E-state index is 5.83. The van der Waals surface area contributed by atoms with Crippen LogP contribution < -0.4 is 11.5 Å². The molecule has 1 rings (SSSR count). The van der Waals surface area contributed by atoms with Gasteiger partial charge in [-0.15, -0.1) is 11.8 Å². The molecule has 13 heavy (non-hydrogen) atoms. The molecule has 0 aliphatic carbocycles. The Kier molecular flexibility index (Phi) is 4.09. The second-order valence-electron chi connectivity index (χ2n) is 2.85. The molecule has 0 radical (unpaired) electrons. The van der Waals surface area contributed by atoms with E-state index in [1.54, 1.807) is 11.8 Å². The summed E-state index contributed by atoms with van der Waals surface area (Å²) in [5, 5.41) is 0.406. The first-order valence-corrected chi connectivity index (χ1v) is 5.72. The van der Waals surface area contributed by atoms with E-state index in [1.807, 2.05) is 18.2 Å². The summed E-state index contributed by atoms with van der Waals surface area (Å²) in [6.07, 6.45) is 0. The maximum atomic E-state index is 5.83. The summed E-state index contributed by atoms with van der Waals surface area (Å²) >= 11 is 5.07. The molecule has 1 atom stereocenters. The number of nitrogens with two attached hydrogens (primary N) is 2. The normalized spacial score (nSPS) is 12.8. The van der Waals surface area contributed by atoms with Gasteiger partial charge in [-0.05, 0) is 18.2 Å². The minimum atomic E-state index is 0.406. The molecule has 0 aliphatic rings. The number of rotatable bonds is 3. The summed E-state index contributed by atoms with van der Waals surface area (Å²) in [5.74, 6) is 0. The van der Waals surface area contributed by atoms with Gasteiger partial charge in [-0.25, -0.2) is 0 Å². The lowest BCUT2D eigenvalue weighted by molar-refractivity contribution is 0.951. The molecule has 0 spiro atoms. The molecule has 0 aromatic heterocycles. The summed E-state index contributed by atoms with van der Waals surface area (Å²) in [7, 11) is 0. The largest absolute Gasteiger partial charge is 0.398 e. The van der Waals surface area contributed by atoms with Gasteiger partial charge in [0, 0.05) is 26.9 Å². The molecular formula is C9H13BrN2S. The van der Waals surface area contributed by atoms with Gasteiger partial charge < -0.3 is 11.5 Å². The number of nitrogen functional groups attached to an aromatic ring is 1. The zero-order valence-corrected chi connectivity index (χ0v) is 9.86. The number of thioether (sulfide) groups is 1. The first-order valence-electron chi connectivity index (χ1n) is 4.05. The van der Waals surface area contributed by atoms with E-state index < -0.39 is 0 Å². The SMILES string of the molecule is CC(CN)Sc1ccc(Br)cc1N. The molecule has 0 aliphatic heterocycles. The average molecular weight is 261 g/mol. The lowest BCUT2D eigenvalue weighted by Gasteiger charge is -2.10. The minimum Gasteiger partial charge on any atom is -0.398 e. The van der Waals surface area contributed by atoms with Crippen LogP contribution in [-0.4, -0.2) is 11.8 Å². The van der Waals surface area contributed by atoms with Crippen LogP contribution in [-0.2, 0) is 0 Å². The van der Waals surface area contributed by atoms with Crippen molar-refractivity contribution in [1.82, 2.24) is 0 Å². The fourth-order valence-electron chi connectivity index (χ4n) is 0.892. The van der Waals surface area contributed by atoms with Gasteiger partial charge in [0.05, 0.1) is 0 Å². The van der Waals surface area contributed by atoms with Gasteiger partial charge in [-0.2, -0.15) is 0 Å². The van der Waals surface area contributed by atoms with Crippen molar-refractivity contribution >= 4 is 33.4 Å². The molecule has 0 saturated carbocycles. The van der Waals surface area contributed by atoms with E-state index in [4.69, 9.17) is 11.5 Å². The van der Waals surface area contributed by atoms with E-state index in [1.165, 1.54) is 0 Å². The Balaban J connectivity index is 2.77. The van der Waals surface area contributed by atoms with Crippen molar-refractivity contribution in [2.24, 2.45) is 5.73 Å². The smallest absolute Gasteiger partial charge is 0.0463 e. The van der Waals surface area contributed by atoms with Crippen molar-refractivity contribution in [1.29, 1.82) is 0 Å². The average Bonchev–Trinajstić information content (AvgIpc) is 2.09. The van der Waals surface area contributed by atoms with Crippen LogP contribution in [0.25, 0.3) is 0 Å². The number of anilines is 1. The van der Waals surface area contributed by atoms with E-state index in [0.717, 1.165) is 15.1 Å². The van der Waals surface area contributed by atoms with Crippen LogP contribution in [0.5, 0.6) is 0 Å². The van der Waals surface area contributed by atoms with Crippen molar-refractivity contribution in [3.8, 4) is 0 Å². The molecule has 0 bridgehead atoms. The predicted octanol–water partition coefficient (Wildman–Crippen LogP) is 2.47. The zero-order chi connectivity index (χ0) is 9.84. The molecule has 0 amide bonds. The molecule has 0 fully saturated rings. The van der Waals surface area contributed by atoms with Gasteiger partial charge in [-0.3, -0.25) is 0 Å². The monoisotopic (exact) mass is 260 g/mol. The van der Waals surface area contributed by atoms with Gasteiger partial charge in [0.1, 0.15) is 0 Å². The molecule has 1 aromatic carbocycles. The summed E-state index contributed by atoms with van der Waals surface area (Å²) in [6.45, 7) is 2.76. The fourth-order valence-corrected chi connectivity index (χ4v) is 2.14. The Labute approximate surface area is 91.2 Å². The lowest BCUT2D eigenvalue weighted by atomic mass is 10.3. The first-order chi connectivity index (χ1) is 6.13. The minimum absolute atomic E-state index is 0.406. The summed E-state index contributed by atoms with van der Waals surface area (Å²) in [4.78, 5) is 1.10. The van der Waals surface area contributed by atoms with Crippen LogP contribution in [0.4, 0.5) is 5.69 Å². The number of hydrogen-bond acceptors (Lipinski definition) is 3. The fraction of sp³-hybridized carbons (Fsp3) is 0.333. The Morgan fingerprint density at radius 1 is 1.54 bits per heavy atom. The van der Waals surface area contributed by atoms with E-state index in [-0.39, 0.29) is 0 Å². The summed E-state index contributed by atoms with van der Waals surface area (Å²) in [5.41, 5.74) is 12.2. The summed E-state index contributed by atoms with van der Waals surface area (Å²) in [6, 6.07) is 5.91. The van der Waals surface area contributed by atoms with Crippen LogP contribution >= 0.6 is 27.7 Å². The molecule has 0 saturated heterocycles. The van der Waals surface area contributed by atoms with E-state index >= 15 is 0 Å². The van der Waals surface area contributed by atoms with Gasteiger partial charge >= 0.3 is 0 Å². The molecule has 1 aromatic rings. The molecule has 0 heterocycles. The third-order valence-corrected chi connectivity index (χ3v) is 3.35. The second kappa shape index (κ2) is 4.88. The first kappa shape index (κ1) is 10.9. The second-order valence-corrected chi connectivity index (χ2v) is 5.24. The highest BCUT2D eigenvalue weighted by molar-refractivity contribution is 9.10. The number of halogens is 1. The standard InChI is InChI=1S/C9H13BrN2S/c1-6(5-11)13-9-3-2-7(10)4-8(9)12/h2-4,6H,5,11-12H2,1H3. The maximum Gasteiger partial charge on any atom is 0.0463 e. The Bertz CT molecular complexity index is 291. The van der Waals surface area contributed by atoms with Crippen molar-refractivity contribution in [2.75, 3.05) is 12.3 Å². The Hall–Kier alpha value is -0.190. The van der Waals surface area contributed by atoms with Crippen LogP contribution in [0.3, 0.4) is 0 Å². The van der Waals surface area contributed by atoms with E-state index in [0.29, 0.717) is 11.8 Å².